The van der Waals surface area contributed by atoms with Gasteiger partial charge in [0.05, 0.1) is 12.2 Å². The fourth-order valence-electron chi connectivity index (χ4n) is 5.27. The number of carboxylic acid groups (broad SMARTS) is 1. The van der Waals surface area contributed by atoms with E-state index in [1.165, 1.54) is 10.5 Å². The number of carboxylic acids is 1. The first-order valence-electron chi connectivity index (χ1n) is 14.3. The molecule has 5 atom stereocenters. The van der Waals surface area contributed by atoms with Crippen LogP contribution in [0, 0.1) is 5.92 Å². The van der Waals surface area contributed by atoms with Gasteiger partial charge in [-0.1, -0.05) is 63.9 Å². The van der Waals surface area contributed by atoms with Gasteiger partial charge in [0.1, 0.15) is 5.54 Å². The van der Waals surface area contributed by atoms with Crippen molar-refractivity contribution in [2.24, 2.45) is 17.4 Å². The lowest BCUT2D eigenvalue weighted by Crippen LogP contribution is -2.58. The second-order valence-electron chi connectivity index (χ2n) is 11.4. The summed E-state index contributed by atoms with van der Waals surface area (Å²) < 4.78 is 0. The molecule has 0 bridgehead atoms. The zero-order valence-electron chi connectivity index (χ0n) is 24.3. The highest BCUT2D eigenvalue weighted by atomic mass is 35.5. The van der Waals surface area contributed by atoms with E-state index in [1.807, 2.05) is 18.2 Å². The van der Waals surface area contributed by atoms with Gasteiger partial charge < -0.3 is 37.4 Å². The number of carbonyl (C=O) groups is 2. The van der Waals surface area contributed by atoms with E-state index in [1.54, 1.807) is 7.05 Å². The Morgan fingerprint density at radius 1 is 1.15 bits per heavy atom. The zero-order valence-corrected chi connectivity index (χ0v) is 25.1. The average molecular weight is 569 g/mol. The maximum Gasteiger partial charge on any atom is 0.324 e. The number of nitrogens with two attached hydrogens (primary N) is 2. The van der Waals surface area contributed by atoms with E-state index in [0.717, 1.165) is 32.1 Å². The summed E-state index contributed by atoms with van der Waals surface area (Å²) in [5, 5.41) is 20.0. The van der Waals surface area contributed by atoms with Gasteiger partial charge in [0.25, 0.3) is 0 Å². The molecule has 39 heavy (non-hydrogen) atoms. The van der Waals surface area contributed by atoms with Gasteiger partial charge in [0.2, 0.25) is 5.91 Å². The smallest absolute Gasteiger partial charge is 0.324 e. The highest BCUT2D eigenvalue weighted by Crippen LogP contribution is 2.25. The van der Waals surface area contributed by atoms with E-state index in [-0.39, 0.29) is 42.9 Å². The third kappa shape index (κ3) is 11.7. The van der Waals surface area contributed by atoms with Gasteiger partial charge in [0.15, 0.2) is 0 Å². The Morgan fingerprint density at radius 3 is 2.41 bits per heavy atom. The van der Waals surface area contributed by atoms with Crippen molar-refractivity contribution in [1.82, 2.24) is 20.9 Å². The number of benzene rings is 1. The fraction of sp³-hybridized carbons (Fsp3) is 0.724. The summed E-state index contributed by atoms with van der Waals surface area (Å²) in [4.78, 5) is 27.0. The largest absolute Gasteiger partial charge is 0.480 e. The number of amides is 1. The van der Waals surface area contributed by atoms with Crippen LogP contribution in [0.25, 0.3) is 0 Å². The molecule has 0 spiro atoms. The van der Waals surface area contributed by atoms with E-state index in [9.17, 15) is 14.7 Å². The van der Waals surface area contributed by atoms with Crippen molar-refractivity contribution in [1.29, 1.82) is 0 Å². The van der Waals surface area contributed by atoms with Crippen molar-refractivity contribution in [2.45, 2.75) is 102 Å². The van der Waals surface area contributed by atoms with Gasteiger partial charge in [-0.3, -0.25) is 9.59 Å². The standard InChI is InChI=1S/C29H52N6O3.ClH/c1-5-6-13-25(27(36)35(4)26(31)18-29(28(37)38)14-10-15-34-29)33-20-24(16-21(2)3)32-19-23(30)17-22-11-8-7-9-12-22;/h7-9,11-12,21,23-26,32-34H,5-6,10,13-20,30-31H2,1-4H3,(H,37,38);1H/t23-,24-,25-,26-,29+;/m1./s1. The Morgan fingerprint density at radius 2 is 1.85 bits per heavy atom. The lowest BCUT2D eigenvalue weighted by atomic mass is 9.91. The molecule has 8 N–H and O–H groups in total. The summed E-state index contributed by atoms with van der Waals surface area (Å²) in [5.41, 5.74) is 13.0. The molecule has 0 aliphatic carbocycles. The summed E-state index contributed by atoms with van der Waals surface area (Å²) in [5.74, 6) is -0.500. The van der Waals surface area contributed by atoms with Gasteiger partial charge >= 0.3 is 5.97 Å². The molecule has 0 aromatic heterocycles. The van der Waals surface area contributed by atoms with Crippen LogP contribution in [0.15, 0.2) is 30.3 Å². The monoisotopic (exact) mass is 568 g/mol. The molecular weight excluding hydrogens is 516 g/mol. The van der Waals surface area contributed by atoms with Gasteiger partial charge in [-0.2, -0.15) is 0 Å². The van der Waals surface area contributed by atoms with Crippen molar-refractivity contribution in [3.8, 4) is 0 Å². The molecule has 1 fully saturated rings. The molecule has 0 saturated carbocycles. The summed E-state index contributed by atoms with van der Waals surface area (Å²) in [7, 11) is 1.69. The number of nitrogens with one attached hydrogen (secondary N) is 3. The van der Waals surface area contributed by atoms with E-state index in [0.29, 0.717) is 38.4 Å². The number of aliphatic carboxylic acids is 1. The second kappa shape index (κ2) is 17.8. The topological polar surface area (TPSA) is 146 Å². The maximum atomic E-state index is 13.5. The Kier molecular flexibility index (Phi) is 16.1. The van der Waals surface area contributed by atoms with E-state index >= 15 is 0 Å². The third-order valence-corrected chi connectivity index (χ3v) is 7.58. The molecule has 1 saturated heterocycles. The molecule has 224 valence electrons. The zero-order chi connectivity index (χ0) is 28.1. The molecule has 1 aromatic carbocycles. The number of carbonyl (C=O) groups excluding carboxylic acids is 1. The quantitative estimate of drug-likeness (QED) is 0.148. The van der Waals surface area contributed by atoms with Crippen molar-refractivity contribution < 1.29 is 14.7 Å². The summed E-state index contributed by atoms with van der Waals surface area (Å²) >= 11 is 0. The molecule has 0 radical (unpaired) electrons. The number of nitrogens with zero attached hydrogens (tertiary/aromatic N) is 1. The van der Waals surface area contributed by atoms with Crippen LogP contribution in [-0.4, -0.2) is 78.4 Å². The third-order valence-electron chi connectivity index (χ3n) is 7.58. The Labute approximate surface area is 241 Å². The summed E-state index contributed by atoms with van der Waals surface area (Å²) in [6.07, 6.45) is 5.17. The van der Waals surface area contributed by atoms with Crippen molar-refractivity contribution in [2.75, 3.05) is 26.7 Å². The van der Waals surface area contributed by atoms with Gasteiger partial charge in [-0.15, -0.1) is 12.4 Å². The predicted octanol–water partition coefficient (Wildman–Crippen LogP) is 2.47. The molecule has 1 aliphatic heterocycles. The van der Waals surface area contributed by atoms with Crippen molar-refractivity contribution in [3.05, 3.63) is 35.9 Å². The fourth-order valence-corrected chi connectivity index (χ4v) is 5.27. The minimum Gasteiger partial charge on any atom is -0.480 e. The van der Waals surface area contributed by atoms with Crippen LogP contribution in [0.4, 0.5) is 0 Å². The minimum atomic E-state index is -1.06. The Bertz CT molecular complexity index is 838. The number of hydrogen-bond acceptors (Lipinski definition) is 7. The highest BCUT2D eigenvalue weighted by Gasteiger charge is 2.43. The van der Waals surface area contributed by atoms with E-state index < -0.39 is 17.7 Å². The highest BCUT2D eigenvalue weighted by molar-refractivity contribution is 5.85. The first-order chi connectivity index (χ1) is 18.1. The molecular formula is C29H53ClN6O3. The van der Waals surface area contributed by atoms with Crippen molar-refractivity contribution in [3.63, 3.8) is 0 Å². The number of likely N-dealkylation sites (N-methyl/N-ethyl adjacent to an activating group) is 1. The Hall–Kier alpha value is -1.75. The molecule has 0 unspecified atom stereocenters. The average Bonchev–Trinajstić information content (AvgIpc) is 3.36. The summed E-state index contributed by atoms with van der Waals surface area (Å²) in [6, 6.07) is 10.1. The number of hydrogen-bond donors (Lipinski definition) is 6. The minimum absolute atomic E-state index is 0. The van der Waals surface area contributed by atoms with Crippen LogP contribution in [0.1, 0.15) is 71.3 Å². The maximum absolute atomic E-state index is 13.5. The van der Waals surface area contributed by atoms with Crippen LogP contribution in [-0.2, 0) is 16.0 Å². The first-order valence-corrected chi connectivity index (χ1v) is 14.3. The van der Waals surface area contributed by atoms with E-state index in [2.05, 4.69) is 48.9 Å². The number of unbranched alkanes of at least 4 members (excludes halogenated alkanes) is 1. The normalized spacial score (nSPS) is 20.2. The second-order valence-corrected chi connectivity index (χ2v) is 11.4. The van der Waals surface area contributed by atoms with Crippen LogP contribution in [0.3, 0.4) is 0 Å². The van der Waals surface area contributed by atoms with Gasteiger partial charge in [-0.25, -0.2) is 0 Å². The lowest BCUT2D eigenvalue weighted by molar-refractivity contribution is -0.146. The molecule has 1 aliphatic rings. The summed E-state index contributed by atoms with van der Waals surface area (Å²) in [6.45, 7) is 8.48. The SMILES string of the molecule is CCCC[C@@H](NC[C@@H](CC(C)C)NC[C@H](N)Cc1ccccc1)C(=O)N(C)[C@@H](N)C[C@]1(C(=O)O)CCCN1.Cl. The van der Waals surface area contributed by atoms with Gasteiger partial charge in [-0.05, 0) is 50.1 Å². The van der Waals surface area contributed by atoms with Crippen molar-refractivity contribution >= 4 is 24.3 Å². The van der Waals surface area contributed by atoms with Crippen LogP contribution in [0.5, 0.6) is 0 Å². The molecule has 9 nitrogen and oxygen atoms in total. The lowest BCUT2D eigenvalue weighted by Gasteiger charge is -2.35. The molecule has 1 aromatic rings. The van der Waals surface area contributed by atoms with E-state index in [4.69, 9.17) is 11.5 Å². The predicted molar refractivity (Wildman–Crippen MR) is 161 cm³/mol. The molecule has 1 heterocycles. The van der Waals surface area contributed by atoms with Crippen LogP contribution >= 0.6 is 12.4 Å². The number of halogens is 1. The Balaban J connectivity index is 0.00000760. The molecule has 10 heteroatoms. The number of rotatable bonds is 18. The van der Waals surface area contributed by atoms with Crippen LogP contribution in [0.2, 0.25) is 0 Å². The first kappa shape index (κ1) is 35.3. The van der Waals surface area contributed by atoms with Gasteiger partial charge in [0, 0.05) is 38.6 Å². The molecule has 2 rings (SSSR count). The van der Waals surface area contributed by atoms with Crippen LogP contribution < -0.4 is 27.4 Å². The molecule has 1 amide bonds.